The molecule has 2 aromatic carbocycles. The average molecular weight is 477 g/mol. The van der Waals surface area contributed by atoms with E-state index in [2.05, 4.69) is 15.2 Å². The van der Waals surface area contributed by atoms with E-state index >= 15 is 0 Å². The highest BCUT2D eigenvalue weighted by atomic mass is 19.4. The summed E-state index contributed by atoms with van der Waals surface area (Å²) in [6.45, 7) is 1.45. The molecule has 0 saturated carbocycles. The molecule has 0 spiro atoms. The van der Waals surface area contributed by atoms with Crippen LogP contribution in [0.2, 0.25) is 0 Å². The molecule has 0 radical (unpaired) electrons. The van der Waals surface area contributed by atoms with Crippen LogP contribution in [0.15, 0.2) is 59.4 Å². The van der Waals surface area contributed by atoms with Crippen LogP contribution in [0.5, 0.6) is 0 Å². The molecule has 7 nitrogen and oxygen atoms in total. The molecule has 3 rings (SSSR count). The molecular weight excluding hydrogens is 458 g/mol. The maximum Gasteiger partial charge on any atom is 0.416 e. The third-order valence-corrected chi connectivity index (χ3v) is 4.92. The van der Waals surface area contributed by atoms with Gasteiger partial charge in [-0.1, -0.05) is 18.2 Å². The van der Waals surface area contributed by atoms with E-state index in [0.717, 1.165) is 42.1 Å². The summed E-state index contributed by atoms with van der Waals surface area (Å²) in [7, 11) is 1.15. The van der Waals surface area contributed by atoms with E-state index in [1.807, 2.05) is 0 Å². The standard InChI is InChI=1S/C23H19F4N3O4/c1-13-10-19(31)21(29-30(13)17-5-3-4-15(11-17)23(25,26)27)22(33)28-18(12-20(32)34-2)14-6-8-16(24)9-7-14/h3-11,18H,12H2,1-2H3,(H,28,33). The molecule has 11 heteroatoms. The topological polar surface area (TPSA) is 90.3 Å². The molecule has 1 aromatic heterocycles. The summed E-state index contributed by atoms with van der Waals surface area (Å²) >= 11 is 0. The Bertz CT molecular complexity index is 1270. The quantitative estimate of drug-likeness (QED) is 0.432. The number of aromatic nitrogens is 2. The molecular formula is C23H19F4N3O4. The van der Waals surface area contributed by atoms with Crippen molar-refractivity contribution >= 4 is 11.9 Å². The van der Waals surface area contributed by atoms with Gasteiger partial charge < -0.3 is 10.1 Å². The average Bonchev–Trinajstić information content (AvgIpc) is 2.78. The van der Waals surface area contributed by atoms with Gasteiger partial charge in [0.25, 0.3) is 5.91 Å². The van der Waals surface area contributed by atoms with Crippen LogP contribution in [0, 0.1) is 12.7 Å². The number of methoxy groups -OCH3 is 1. The molecule has 0 aliphatic heterocycles. The first-order chi connectivity index (χ1) is 16.0. The van der Waals surface area contributed by atoms with Crippen LogP contribution in [-0.2, 0) is 15.7 Å². The van der Waals surface area contributed by atoms with Crippen molar-refractivity contribution in [2.45, 2.75) is 25.6 Å². The zero-order chi connectivity index (χ0) is 25.0. The number of nitrogens with zero attached hydrogens (tertiary/aromatic N) is 2. The number of ether oxygens (including phenoxy) is 1. The van der Waals surface area contributed by atoms with Gasteiger partial charge >= 0.3 is 12.1 Å². The number of amides is 1. The smallest absolute Gasteiger partial charge is 0.416 e. The molecule has 0 saturated heterocycles. The van der Waals surface area contributed by atoms with Crippen molar-refractivity contribution in [3.05, 3.63) is 93.2 Å². The number of halogens is 4. The number of alkyl halides is 3. The normalized spacial score (nSPS) is 12.2. The maximum atomic E-state index is 13.3. The number of hydrogen-bond acceptors (Lipinski definition) is 5. The molecule has 3 aromatic rings. The van der Waals surface area contributed by atoms with Gasteiger partial charge in [0.2, 0.25) is 5.43 Å². The van der Waals surface area contributed by atoms with Gasteiger partial charge in [-0.05, 0) is 42.8 Å². The number of aryl methyl sites for hydroxylation is 1. The largest absolute Gasteiger partial charge is 0.469 e. The summed E-state index contributed by atoms with van der Waals surface area (Å²) in [6.07, 6.45) is -4.92. The highest BCUT2D eigenvalue weighted by Gasteiger charge is 2.31. The van der Waals surface area contributed by atoms with Crippen LogP contribution in [0.25, 0.3) is 5.69 Å². The molecule has 1 amide bonds. The molecule has 0 aliphatic carbocycles. The zero-order valence-corrected chi connectivity index (χ0v) is 18.0. The predicted octanol–water partition coefficient (Wildman–Crippen LogP) is 3.73. The Morgan fingerprint density at radius 1 is 1.12 bits per heavy atom. The summed E-state index contributed by atoms with van der Waals surface area (Å²) in [5, 5.41) is 6.46. The monoisotopic (exact) mass is 477 g/mol. The number of benzene rings is 2. The van der Waals surface area contributed by atoms with Gasteiger partial charge in [-0.15, -0.1) is 0 Å². The van der Waals surface area contributed by atoms with Crippen molar-refractivity contribution in [3.8, 4) is 5.69 Å². The van der Waals surface area contributed by atoms with Crippen molar-refractivity contribution in [3.63, 3.8) is 0 Å². The highest BCUT2D eigenvalue weighted by molar-refractivity contribution is 5.92. The molecule has 1 atom stereocenters. The summed E-state index contributed by atoms with van der Waals surface area (Å²) in [5.41, 5.74) is -1.73. The van der Waals surface area contributed by atoms with Crippen molar-refractivity contribution < 1.29 is 31.9 Å². The predicted molar refractivity (Wildman–Crippen MR) is 113 cm³/mol. The number of esters is 1. The number of hydrogen-bond donors (Lipinski definition) is 1. The van der Waals surface area contributed by atoms with Crippen molar-refractivity contribution in [2.24, 2.45) is 0 Å². The summed E-state index contributed by atoms with van der Waals surface area (Å²) in [6, 6.07) is 9.31. The minimum Gasteiger partial charge on any atom is -0.469 e. The number of nitrogens with one attached hydrogen (secondary N) is 1. The molecule has 1 heterocycles. The highest BCUT2D eigenvalue weighted by Crippen LogP contribution is 2.30. The Balaban J connectivity index is 1.98. The summed E-state index contributed by atoms with van der Waals surface area (Å²) in [5.74, 6) is -2.17. The number of carbonyl (C=O) groups excluding carboxylic acids is 2. The van der Waals surface area contributed by atoms with Gasteiger partial charge in [0.15, 0.2) is 5.69 Å². The second-order valence-corrected chi connectivity index (χ2v) is 7.32. The Kier molecular flexibility index (Phi) is 7.14. The number of rotatable bonds is 6. The fraction of sp³-hybridized carbons (Fsp3) is 0.217. The van der Waals surface area contributed by atoms with E-state index in [1.165, 1.54) is 31.2 Å². The molecule has 0 bridgehead atoms. The lowest BCUT2D eigenvalue weighted by Crippen LogP contribution is -2.35. The summed E-state index contributed by atoms with van der Waals surface area (Å²) in [4.78, 5) is 37.2. The molecule has 0 aliphatic rings. The Labute approximate surface area is 191 Å². The fourth-order valence-corrected chi connectivity index (χ4v) is 3.20. The van der Waals surface area contributed by atoms with Gasteiger partial charge in [0, 0.05) is 11.8 Å². The van der Waals surface area contributed by atoms with Gasteiger partial charge in [0.1, 0.15) is 5.82 Å². The van der Waals surface area contributed by atoms with E-state index in [1.54, 1.807) is 0 Å². The van der Waals surface area contributed by atoms with Gasteiger partial charge in [-0.2, -0.15) is 18.3 Å². The lowest BCUT2D eigenvalue weighted by atomic mass is 10.0. The van der Waals surface area contributed by atoms with E-state index in [0.29, 0.717) is 5.56 Å². The minimum atomic E-state index is -4.60. The summed E-state index contributed by atoms with van der Waals surface area (Å²) < 4.78 is 58.3. The first-order valence-corrected chi connectivity index (χ1v) is 9.91. The third-order valence-electron chi connectivity index (χ3n) is 4.92. The van der Waals surface area contributed by atoms with Crippen molar-refractivity contribution in [1.29, 1.82) is 0 Å². The van der Waals surface area contributed by atoms with Gasteiger partial charge in [-0.25, -0.2) is 9.07 Å². The molecule has 1 N–H and O–H groups in total. The molecule has 1 unspecified atom stereocenters. The molecule has 0 fully saturated rings. The van der Waals surface area contributed by atoms with E-state index in [9.17, 15) is 31.9 Å². The van der Waals surface area contributed by atoms with E-state index in [-0.39, 0.29) is 17.8 Å². The van der Waals surface area contributed by atoms with Crippen LogP contribution in [-0.4, -0.2) is 28.8 Å². The van der Waals surface area contributed by atoms with Crippen molar-refractivity contribution in [1.82, 2.24) is 15.1 Å². The Hall–Kier alpha value is -4.02. The maximum absolute atomic E-state index is 13.3. The molecule has 178 valence electrons. The lowest BCUT2D eigenvalue weighted by molar-refractivity contribution is -0.141. The Morgan fingerprint density at radius 3 is 2.41 bits per heavy atom. The zero-order valence-electron chi connectivity index (χ0n) is 18.0. The van der Waals surface area contributed by atoms with Crippen LogP contribution >= 0.6 is 0 Å². The Morgan fingerprint density at radius 2 is 1.79 bits per heavy atom. The van der Waals surface area contributed by atoms with E-state index in [4.69, 9.17) is 0 Å². The SMILES string of the molecule is COC(=O)CC(NC(=O)c1nn(-c2cccc(C(F)(F)F)c2)c(C)cc1=O)c1ccc(F)cc1. The minimum absolute atomic E-state index is 0.00831. The van der Waals surface area contributed by atoms with Crippen molar-refractivity contribution in [2.75, 3.05) is 7.11 Å². The number of carbonyl (C=O) groups is 2. The van der Waals surface area contributed by atoms with Crippen LogP contribution in [0.3, 0.4) is 0 Å². The van der Waals surface area contributed by atoms with Crippen LogP contribution in [0.1, 0.15) is 39.8 Å². The van der Waals surface area contributed by atoms with Gasteiger partial charge in [0.05, 0.1) is 30.8 Å². The first kappa shape index (κ1) is 24.6. The molecule has 34 heavy (non-hydrogen) atoms. The van der Waals surface area contributed by atoms with Crippen LogP contribution in [0.4, 0.5) is 17.6 Å². The second-order valence-electron chi connectivity index (χ2n) is 7.32. The second kappa shape index (κ2) is 9.86. The fourth-order valence-electron chi connectivity index (χ4n) is 3.20. The third kappa shape index (κ3) is 5.66. The van der Waals surface area contributed by atoms with E-state index < -0.39 is 46.6 Å². The first-order valence-electron chi connectivity index (χ1n) is 9.91. The van der Waals surface area contributed by atoms with Crippen LogP contribution < -0.4 is 10.7 Å². The van der Waals surface area contributed by atoms with Gasteiger partial charge in [-0.3, -0.25) is 14.4 Å². The lowest BCUT2D eigenvalue weighted by Gasteiger charge is -2.19.